The molecule has 0 saturated heterocycles. The van der Waals surface area contributed by atoms with Crippen LogP contribution < -0.4 is 14.2 Å². The van der Waals surface area contributed by atoms with E-state index in [1.165, 1.54) is 36.4 Å². The molecule has 0 amide bonds. The van der Waals surface area contributed by atoms with Crippen molar-refractivity contribution in [3.05, 3.63) is 82.9 Å². The van der Waals surface area contributed by atoms with Crippen molar-refractivity contribution in [2.24, 2.45) is 0 Å². The van der Waals surface area contributed by atoms with Crippen molar-refractivity contribution in [2.75, 3.05) is 25.0 Å². The second kappa shape index (κ2) is 12.1. The van der Waals surface area contributed by atoms with Crippen molar-refractivity contribution in [1.29, 1.82) is 0 Å². The molecule has 0 aliphatic rings. The van der Waals surface area contributed by atoms with Crippen LogP contribution in [0.15, 0.2) is 75.5 Å². The summed E-state index contributed by atoms with van der Waals surface area (Å²) in [5, 5.41) is 14.7. The summed E-state index contributed by atoms with van der Waals surface area (Å²) in [6.45, 7) is 1.94. The number of hydrogen-bond acceptors (Lipinski definition) is 9. The number of ether oxygens (including phenoxy) is 2. The second-order valence-electron chi connectivity index (χ2n) is 8.14. The van der Waals surface area contributed by atoms with Crippen molar-refractivity contribution in [2.45, 2.75) is 18.2 Å². The third-order valence-electron chi connectivity index (χ3n) is 5.41. The number of methoxy groups -OCH3 is 1. The van der Waals surface area contributed by atoms with Gasteiger partial charge in [0.2, 0.25) is 0 Å². The van der Waals surface area contributed by atoms with Crippen molar-refractivity contribution < 1.29 is 32.3 Å². The van der Waals surface area contributed by atoms with Gasteiger partial charge in [-0.1, -0.05) is 11.2 Å². The number of sulfonamides is 1. The second-order valence-corrected chi connectivity index (χ2v) is 10.8. The molecule has 38 heavy (non-hydrogen) atoms. The first-order valence-corrected chi connectivity index (χ1v) is 13.9. The van der Waals surface area contributed by atoms with Gasteiger partial charge in [0.25, 0.3) is 10.0 Å². The maximum absolute atomic E-state index is 12.9. The molecule has 4 aromatic rings. The van der Waals surface area contributed by atoms with Crippen LogP contribution in [-0.4, -0.2) is 44.8 Å². The number of aliphatic hydroxyl groups excluding tert-OH is 1. The summed E-state index contributed by atoms with van der Waals surface area (Å²) in [5.41, 5.74) is 1.83. The topological polar surface area (TPSA) is 128 Å². The lowest BCUT2D eigenvalue weighted by Crippen LogP contribution is -2.13. The average molecular weight is 555 g/mol. The Kier molecular flexibility index (Phi) is 8.62. The number of thiophene rings is 1. The fourth-order valence-electron chi connectivity index (χ4n) is 3.54. The van der Waals surface area contributed by atoms with Crippen LogP contribution in [0.5, 0.6) is 11.5 Å². The number of aromatic nitrogens is 1. The molecule has 0 aliphatic heterocycles. The summed E-state index contributed by atoms with van der Waals surface area (Å²) in [7, 11) is -2.32. The summed E-state index contributed by atoms with van der Waals surface area (Å²) in [6, 6.07) is 14.6. The minimum atomic E-state index is -3.89. The van der Waals surface area contributed by atoms with E-state index in [-0.39, 0.29) is 23.1 Å². The van der Waals surface area contributed by atoms with Gasteiger partial charge in [0.05, 0.1) is 18.6 Å². The highest BCUT2D eigenvalue weighted by molar-refractivity contribution is 7.92. The van der Waals surface area contributed by atoms with Crippen LogP contribution in [0.3, 0.4) is 0 Å². The first-order chi connectivity index (χ1) is 18.3. The molecule has 0 radical (unpaired) electrons. The number of allylic oxidation sites excluding steroid dienone is 1. The number of nitrogens with one attached hydrogen (secondary N) is 1. The highest BCUT2D eigenvalue weighted by Crippen LogP contribution is 2.39. The molecule has 0 spiro atoms. The fourth-order valence-corrected chi connectivity index (χ4v) is 5.28. The number of aliphatic hydroxyl groups is 1. The summed E-state index contributed by atoms with van der Waals surface area (Å²) >= 11 is 1.56. The molecule has 0 atom stereocenters. The zero-order valence-electron chi connectivity index (χ0n) is 20.7. The monoisotopic (exact) mass is 554 g/mol. The zero-order valence-corrected chi connectivity index (χ0v) is 22.3. The molecule has 2 N–H and O–H groups in total. The van der Waals surface area contributed by atoms with Crippen LogP contribution >= 0.6 is 11.3 Å². The number of nitrogens with zero attached hydrogens (tertiary/aromatic N) is 1. The Morgan fingerprint density at radius 1 is 1.16 bits per heavy atom. The normalized spacial score (nSPS) is 11.6. The van der Waals surface area contributed by atoms with Crippen LogP contribution in [-0.2, 0) is 10.0 Å². The maximum Gasteiger partial charge on any atom is 0.263 e. The van der Waals surface area contributed by atoms with E-state index >= 15 is 0 Å². The third-order valence-corrected chi connectivity index (χ3v) is 7.68. The summed E-state index contributed by atoms with van der Waals surface area (Å²) in [4.78, 5) is 13.9. The van der Waals surface area contributed by atoms with E-state index < -0.39 is 10.0 Å². The first-order valence-electron chi connectivity index (χ1n) is 11.6. The number of benzene rings is 2. The van der Waals surface area contributed by atoms with Crippen molar-refractivity contribution in [1.82, 2.24) is 5.16 Å². The average Bonchev–Trinajstić information content (AvgIpc) is 3.59. The molecular formula is C27H26N2O7S2. The third kappa shape index (κ3) is 6.49. The molecule has 11 heteroatoms. The quantitative estimate of drug-likeness (QED) is 0.139. The van der Waals surface area contributed by atoms with Crippen molar-refractivity contribution in [3.8, 4) is 21.9 Å². The Labute approximate surface area is 224 Å². The Hall–Kier alpha value is -3.93. The van der Waals surface area contributed by atoms with Crippen LogP contribution in [0.2, 0.25) is 0 Å². The first kappa shape index (κ1) is 27.1. The molecule has 4 rings (SSSR count). The number of carbonyl (C=O) groups excluding carboxylic acids is 1. The number of carbonyl (C=O) groups is 1. The predicted molar refractivity (Wildman–Crippen MR) is 145 cm³/mol. The SMILES string of the molecule is COc1cc(OCCCO)c(/C=C/C(=O)c2ccc(S(=O)(=O)Nc3cc(C)on3)cc2)cc1-c1cccs1. The van der Waals surface area contributed by atoms with Crippen LogP contribution in [0.1, 0.15) is 28.1 Å². The van der Waals surface area contributed by atoms with E-state index in [2.05, 4.69) is 9.88 Å². The van der Waals surface area contributed by atoms with Gasteiger partial charge in [-0.05, 0) is 60.9 Å². The van der Waals surface area contributed by atoms with Gasteiger partial charge in [-0.3, -0.25) is 9.52 Å². The smallest absolute Gasteiger partial charge is 0.263 e. The summed E-state index contributed by atoms with van der Waals surface area (Å²) < 4.78 is 43.8. The zero-order chi connectivity index (χ0) is 27.1. The predicted octanol–water partition coefficient (Wildman–Crippen LogP) is 5.18. The lowest BCUT2D eigenvalue weighted by Gasteiger charge is -2.14. The minimum Gasteiger partial charge on any atom is -0.496 e. The van der Waals surface area contributed by atoms with E-state index in [9.17, 15) is 13.2 Å². The van der Waals surface area contributed by atoms with E-state index in [1.54, 1.807) is 37.5 Å². The minimum absolute atomic E-state index is 0.00641. The maximum atomic E-state index is 12.9. The fraction of sp³-hybridized carbons (Fsp3) is 0.185. The van der Waals surface area contributed by atoms with Gasteiger partial charge in [0.1, 0.15) is 17.3 Å². The Bertz CT molecular complexity index is 1520. The van der Waals surface area contributed by atoms with E-state index in [0.29, 0.717) is 41.4 Å². The number of anilines is 1. The van der Waals surface area contributed by atoms with E-state index in [0.717, 1.165) is 10.4 Å². The molecule has 2 heterocycles. The molecule has 0 aliphatic carbocycles. The number of aryl methyl sites for hydroxylation is 1. The molecule has 2 aromatic carbocycles. The molecule has 198 valence electrons. The summed E-state index contributed by atoms with van der Waals surface area (Å²) in [6.07, 6.45) is 3.50. The molecule has 0 saturated carbocycles. The van der Waals surface area contributed by atoms with Gasteiger partial charge in [-0.15, -0.1) is 11.3 Å². The van der Waals surface area contributed by atoms with Crippen LogP contribution in [0.4, 0.5) is 5.82 Å². The van der Waals surface area contributed by atoms with E-state index in [1.807, 2.05) is 23.6 Å². The number of rotatable bonds is 12. The van der Waals surface area contributed by atoms with Gasteiger partial charge in [-0.25, -0.2) is 8.42 Å². The Morgan fingerprint density at radius 2 is 1.95 bits per heavy atom. The van der Waals surface area contributed by atoms with Gasteiger partial charge < -0.3 is 19.1 Å². The molecule has 0 bridgehead atoms. The Balaban J connectivity index is 1.57. The van der Waals surface area contributed by atoms with Crippen LogP contribution in [0, 0.1) is 6.92 Å². The van der Waals surface area contributed by atoms with Gasteiger partial charge in [-0.2, -0.15) is 0 Å². The van der Waals surface area contributed by atoms with Gasteiger partial charge >= 0.3 is 0 Å². The molecule has 2 aromatic heterocycles. The highest BCUT2D eigenvalue weighted by Gasteiger charge is 2.17. The number of hydrogen-bond donors (Lipinski definition) is 2. The van der Waals surface area contributed by atoms with Crippen molar-refractivity contribution >= 4 is 39.0 Å². The largest absolute Gasteiger partial charge is 0.496 e. The van der Waals surface area contributed by atoms with Crippen molar-refractivity contribution in [3.63, 3.8) is 0 Å². The lowest BCUT2D eigenvalue weighted by atomic mass is 10.0. The molecule has 9 nitrogen and oxygen atoms in total. The lowest BCUT2D eigenvalue weighted by molar-refractivity contribution is 0.104. The Morgan fingerprint density at radius 3 is 2.58 bits per heavy atom. The molecule has 0 fully saturated rings. The van der Waals surface area contributed by atoms with Crippen LogP contribution in [0.25, 0.3) is 16.5 Å². The standard InChI is InChI=1S/C27H26N2O7S2/c1-18-15-27(28-36-18)29-38(32,33)21-9-6-19(7-10-21)23(31)11-8-20-16-22(26-5-3-14-37-26)25(34-2)17-24(20)35-13-4-12-30/h3,5-11,14-17,30H,4,12-13H2,1-2H3,(H,28,29)/b11-8+. The highest BCUT2D eigenvalue weighted by atomic mass is 32.2. The molecule has 0 unspecified atom stereocenters. The number of ketones is 1. The summed E-state index contributed by atoms with van der Waals surface area (Å²) in [5.74, 6) is 1.36. The van der Waals surface area contributed by atoms with E-state index in [4.69, 9.17) is 19.1 Å². The molecular weight excluding hydrogens is 528 g/mol. The van der Waals surface area contributed by atoms with Gasteiger partial charge in [0, 0.05) is 46.7 Å². The van der Waals surface area contributed by atoms with Gasteiger partial charge in [0.15, 0.2) is 11.6 Å².